The lowest BCUT2D eigenvalue weighted by Crippen LogP contribution is -2.33. The Morgan fingerprint density at radius 2 is 1.94 bits per heavy atom. The third-order valence-corrected chi connectivity index (χ3v) is 3.07. The Bertz CT molecular complexity index is 383. The zero-order valence-electron chi connectivity index (χ0n) is 9.60. The van der Waals surface area contributed by atoms with Crippen molar-refractivity contribution in [1.29, 1.82) is 0 Å². The highest BCUT2D eigenvalue weighted by Gasteiger charge is 2.20. The van der Waals surface area contributed by atoms with Crippen LogP contribution in [-0.4, -0.2) is 17.4 Å². The molecule has 2 heteroatoms. The number of nitrogens with zero attached hydrogens (tertiary/aromatic N) is 1. The Hall–Kier alpha value is -1.57. The van der Waals surface area contributed by atoms with Gasteiger partial charge in [-0.3, -0.25) is 4.79 Å². The highest BCUT2D eigenvalue weighted by Crippen LogP contribution is 2.22. The molecule has 0 spiro atoms. The topological polar surface area (TPSA) is 20.3 Å². The molecule has 1 amide bonds. The van der Waals surface area contributed by atoms with Gasteiger partial charge in [0.15, 0.2) is 0 Å². The number of carbonyl (C=O) groups is 1. The molecule has 0 aliphatic carbocycles. The molecule has 2 nitrogen and oxygen atoms in total. The van der Waals surface area contributed by atoms with Crippen LogP contribution in [0.4, 0.5) is 0 Å². The first-order valence-corrected chi connectivity index (χ1v) is 5.78. The van der Waals surface area contributed by atoms with Gasteiger partial charge in [0.2, 0.25) is 5.91 Å². The van der Waals surface area contributed by atoms with E-state index < -0.39 is 0 Å². The molecule has 1 heterocycles. The molecule has 2 rings (SSSR count). The first-order valence-electron chi connectivity index (χ1n) is 5.78. The summed E-state index contributed by atoms with van der Waals surface area (Å²) in [6.07, 6.45) is 5.57. The Labute approximate surface area is 96.6 Å². The summed E-state index contributed by atoms with van der Waals surface area (Å²) in [6.45, 7) is 2.92. The lowest BCUT2D eigenvalue weighted by atomic mass is 10.1. The van der Waals surface area contributed by atoms with Crippen molar-refractivity contribution in [3.05, 3.63) is 48.0 Å². The van der Waals surface area contributed by atoms with Gasteiger partial charge in [-0.05, 0) is 18.9 Å². The van der Waals surface area contributed by atoms with Crippen molar-refractivity contribution >= 4 is 5.91 Å². The number of hydrogen-bond acceptors (Lipinski definition) is 1. The van der Waals surface area contributed by atoms with Crippen molar-refractivity contribution in [1.82, 2.24) is 4.90 Å². The van der Waals surface area contributed by atoms with Crippen molar-refractivity contribution in [3.63, 3.8) is 0 Å². The molecule has 1 atom stereocenters. The van der Waals surface area contributed by atoms with E-state index in [1.807, 2.05) is 29.2 Å². The van der Waals surface area contributed by atoms with Crippen LogP contribution < -0.4 is 0 Å². The average molecular weight is 215 g/mol. The van der Waals surface area contributed by atoms with Crippen LogP contribution in [0.2, 0.25) is 0 Å². The molecule has 1 aromatic rings. The highest BCUT2D eigenvalue weighted by atomic mass is 16.2. The molecular weight excluding hydrogens is 198 g/mol. The molecule has 0 saturated carbocycles. The molecule has 1 aliphatic heterocycles. The van der Waals surface area contributed by atoms with Gasteiger partial charge in [-0.1, -0.05) is 42.5 Å². The Balaban J connectivity index is 2.15. The van der Waals surface area contributed by atoms with E-state index >= 15 is 0 Å². The Morgan fingerprint density at radius 3 is 2.69 bits per heavy atom. The standard InChI is InChI=1S/C14H17NO/c1-12(13-8-4-2-5-9-13)15-11-7-3-6-10-14(15)16/h2-6,8-9,12H,7,10-11H2,1H3/t12-/m0/s1. The van der Waals surface area contributed by atoms with Gasteiger partial charge in [0.25, 0.3) is 0 Å². The molecule has 0 bridgehead atoms. The maximum atomic E-state index is 11.9. The molecule has 0 N–H and O–H groups in total. The summed E-state index contributed by atoms with van der Waals surface area (Å²) in [4.78, 5) is 13.9. The lowest BCUT2D eigenvalue weighted by Gasteiger charge is -2.28. The van der Waals surface area contributed by atoms with Crippen LogP contribution in [0.25, 0.3) is 0 Å². The lowest BCUT2D eigenvalue weighted by molar-refractivity contribution is -0.132. The van der Waals surface area contributed by atoms with Crippen LogP contribution in [0, 0.1) is 0 Å². The highest BCUT2D eigenvalue weighted by molar-refractivity contribution is 5.78. The van der Waals surface area contributed by atoms with Crippen LogP contribution in [0.3, 0.4) is 0 Å². The van der Waals surface area contributed by atoms with Gasteiger partial charge in [0.1, 0.15) is 0 Å². The van der Waals surface area contributed by atoms with Crippen LogP contribution in [-0.2, 0) is 4.79 Å². The second kappa shape index (κ2) is 4.97. The Kier molecular flexibility index (Phi) is 3.40. The van der Waals surface area contributed by atoms with E-state index in [1.165, 1.54) is 5.56 Å². The molecule has 0 fully saturated rings. The van der Waals surface area contributed by atoms with Crippen LogP contribution >= 0.6 is 0 Å². The number of rotatable bonds is 2. The molecule has 0 aromatic heterocycles. The Morgan fingerprint density at radius 1 is 1.19 bits per heavy atom. The van der Waals surface area contributed by atoms with E-state index in [1.54, 1.807) is 0 Å². The van der Waals surface area contributed by atoms with E-state index in [2.05, 4.69) is 25.1 Å². The molecular formula is C14H17NO. The maximum Gasteiger partial charge on any atom is 0.226 e. The maximum absolute atomic E-state index is 11.9. The minimum Gasteiger partial charge on any atom is -0.335 e. The fraction of sp³-hybridized carbons (Fsp3) is 0.357. The summed E-state index contributed by atoms with van der Waals surface area (Å²) in [7, 11) is 0. The number of carbonyl (C=O) groups excluding carboxylic acids is 1. The zero-order chi connectivity index (χ0) is 11.4. The monoisotopic (exact) mass is 215 g/mol. The normalized spacial score (nSPS) is 18.3. The summed E-state index contributed by atoms with van der Waals surface area (Å²) in [5.74, 6) is 0.227. The van der Waals surface area contributed by atoms with E-state index in [9.17, 15) is 4.79 Å². The van der Waals surface area contributed by atoms with Gasteiger partial charge in [-0.2, -0.15) is 0 Å². The molecule has 1 aliphatic rings. The molecule has 0 saturated heterocycles. The number of hydrogen-bond donors (Lipinski definition) is 0. The van der Waals surface area contributed by atoms with Crippen LogP contribution in [0.1, 0.15) is 31.4 Å². The van der Waals surface area contributed by atoms with Crippen molar-refractivity contribution in [2.45, 2.75) is 25.8 Å². The molecule has 0 radical (unpaired) electrons. The zero-order valence-corrected chi connectivity index (χ0v) is 9.60. The van der Waals surface area contributed by atoms with E-state index in [0.717, 1.165) is 13.0 Å². The SMILES string of the molecule is C[C@@H](c1ccccc1)N1CCC=CCC1=O. The minimum absolute atomic E-state index is 0.175. The van der Waals surface area contributed by atoms with E-state index in [4.69, 9.17) is 0 Å². The quantitative estimate of drug-likeness (QED) is 0.695. The van der Waals surface area contributed by atoms with Gasteiger partial charge in [-0.25, -0.2) is 0 Å². The van der Waals surface area contributed by atoms with Crippen molar-refractivity contribution in [2.24, 2.45) is 0 Å². The first kappa shape index (κ1) is 10.9. The van der Waals surface area contributed by atoms with E-state index in [-0.39, 0.29) is 11.9 Å². The second-order valence-electron chi connectivity index (χ2n) is 4.14. The fourth-order valence-corrected chi connectivity index (χ4v) is 2.08. The second-order valence-corrected chi connectivity index (χ2v) is 4.14. The molecule has 16 heavy (non-hydrogen) atoms. The largest absolute Gasteiger partial charge is 0.335 e. The fourth-order valence-electron chi connectivity index (χ4n) is 2.08. The smallest absolute Gasteiger partial charge is 0.226 e. The molecule has 0 unspecified atom stereocenters. The third-order valence-electron chi connectivity index (χ3n) is 3.07. The average Bonchev–Trinajstić information content (AvgIpc) is 2.54. The van der Waals surface area contributed by atoms with Gasteiger partial charge in [-0.15, -0.1) is 0 Å². The van der Waals surface area contributed by atoms with Crippen molar-refractivity contribution < 1.29 is 4.79 Å². The molecule has 1 aromatic carbocycles. The summed E-state index contributed by atoms with van der Waals surface area (Å²) < 4.78 is 0. The summed E-state index contributed by atoms with van der Waals surface area (Å²) >= 11 is 0. The number of amides is 1. The minimum atomic E-state index is 0.175. The van der Waals surface area contributed by atoms with Crippen molar-refractivity contribution in [2.75, 3.05) is 6.54 Å². The predicted molar refractivity (Wildman–Crippen MR) is 64.9 cm³/mol. The van der Waals surface area contributed by atoms with Gasteiger partial charge in [0, 0.05) is 13.0 Å². The summed E-state index contributed by atoms with van der Waals surface area (Å²) in [6, 6.07) is 10.4. The number of benzene rings is 1. The van der Waals surface area contributed by atoms with Gasteiger partial charge in [0.05, 0.1) is 6.04 Å². The summed E-state index contributed by atoms with van der Waals surface area (Å²) in [5.41, 5.74) is 1.21. The van der Waals surface area contributed by atoms with E-state index in [0.29, 0.717) is 6.42 Å². The summed E-state index contributed by atoms with van der Waals surface area (Å²) in [5, 5.41) is 0. The van der Waals surface area contributed by atoms with Crippen LogP contribution in [0.15, 0.2) is 42.5 Å². The van der Waals surface area contributed by atoms with Crippen LogP contribution in [0.5, 0.6) is 0 Å². The van der Waals surface area contributed by atoms with Gasteiger partial charge >= 0.3 is 0 Å². The van der Waals surface area contributed by atoms with Gasteiger partial charge < -0.3 is 4.90 Å². The third kappa shape index (κ3) is 2.32. The predicted octanol–water partition coefficient (Wildman–Crippen LogP) is 2.93. The molecule has 84 valence electrons. The first-order chi connectivity index (χ1) is 7.79. The van der Waals surface area contributed by atoms with Crippen molar-refractivity contribution in [3.8, 4) is 0 Å².